The fraction of sp³-hybridized carbons (Fsp3) is 0.948. The highest BCUT2D eigenvalue weighted by Crippen LogP contribution is 2.45. The molecule has 0 aliphatic rings. The number of aliphatic hydroxyl groups is 1. The molecule has 6 atom stereocenters. The van der Waals surface area contributed by atoms with Gasteiger partial charge in [-0.25, -0.2) is 9.13 Å². The van der Waals surface area contributed by atoms with Gasteiger partial charge in [0.25, 0.3) is 0 Å². The maximum atomic E-state index is 13.1. The summed E-state index contributed by atoms with van der Waals surface area (Å²) in [7, 11) is -9.91. The van der Waals surface area contributed by atoms with E-state index in [-0.39, 0.29) is 25.7 Å². The molecule has 0 aliphatic carbocycles. The summed E-state index contributed by atoms with van der Waals surface area (Å²) in [6, 6.07) is 0. The van der Waals surface area contributed by atoms with E-state index in [0.717, 1.165) is 120 Å². The predicted octanol–water partition coefficient (Wildman–Crippen LogP) is 22.6. The van der Waals surface area contributed by atoms with Crippen LogP contribution >= 0.6 is 15.6 Å². The van der Waals surface area contributed by atoms with Crippen LogP contribution in [-0.2, 0) is 65.4 Å². The van der Waals surface area contributed by atoms with Crippen molar-refractivity contribution in [3.8, 4) is 0 Å². The van der Waals surface area contributed by atoms with Crippen molar-refractivity contribution >= 4 is 39.5 Å². The molecule has 3 N–H and O–H groups in total. The van der Waals surface area contributed by atoms with Crippen molar-refractivity contribution in [3.05, 3.63) is 0 Å². The average molecular weight is 1410 g/mol. The van der Waals surface area contributed by atoms with E-state index in [0.29, 0.717) is 25.7 Å². The second kappa shape index (κ2) is 67.5. The number of ether oxygens (including phenoxy) is 4. The second-order valence-electron chi connectivity index (χ2n) is 28.9. The van der Waals surface area contributed by atoms with Crippen molar-refractivity contribution in [1.82, 2.24) is 0 Å². The number of rotatable bonds is 75. The second-order valence-corrected chi connectivity index (χ2v) is 31.8. The van der Waals surface area contributed by atoms with Crippen molar-refractivity contribution < 1.29 is 80.2 Å². The molecule has 0 heterocycles. The van der Waals surface area contributed by atoms with E-state index in [9.17, 15) is 43.2 Å². The number of phosphoric acid groups is 2. The number of esters is 4. The number of hydrogen-bond acceptors (Lipinski definition) is 15. The molecule has 0 bridgehead atoms. The summed E-state index contributed by atoms with van der Waals surface area (Å²) >= 11 is 0. The average Bonchev–Trinajstić information content (AvgIpc) is 3.15. The van der Waals surface area contributed by atoms with E-state index in [4.69, 9.17) is 37.0 Å². The summed E-state index contributed by atoms with van der Waals surface area (Å²) in [6.45, 7) is 11.9. The largest absolute Gasteiger partial charge is 0.472 e. The van der Waals surface area contributed by atoms with E-state index < -0.39 is 97.5 Å². The standard InChI is InChI=1S/C77H150O17P2/c1-8-10-11-12-34-44-51-58-74(79)87-64-72(93-77(82)61-54-47-40-33-27-26-30-37-43-50-57-70(7)9-2)66-91-95(83,84)89-62-71(78)63-90-96(85,86)92-67-73(65-88-75(80)59-52-45-38-31-25-21-23-29-36-42-49-56-69(5)6)94-76(81)60-53-46-39-32-24-20-18-16-14-13-15-17-19-22-28-35-41-48-55-68(3)4/h68-73,78H,8-67H2,1-7H3,(H,83,84)(H,85,86)/t70?,71-,72+,73+/m0/s1. The van der Waals surface area contributed by atoms with E-state index in [1.165, 1.54) is 193 Å². The minimum atomic E-state index is -4.96. The van der Waals surface area contributed by atoms with Gasteiger partial charge in [0, 0.05) is 25.7 Å². The Hall–Kier alpha value is -1.94. The van der Waals surface area contributed by atoms with Crippen LogP contribution in [0.3, 0.4) is 0 Å². The van der Waals surface area contributed by atoms with Crippen molar-refractivity contribution in [2.45, 2.75) is 414 Å². The fourth-order valence-electron chi connectivity index (χ4n) is 11.7. The first-order valence-electron chi connectivity index (χ1n) is 39.9. The summed E-state index contributed by atoms with van der Waals surface area (Å²) in [6.07, 6.45) is 54.2. The Morgan fingerprint density at radius 1 is 0.302 bits per heavy atom. The third-order valence-electron chi connectivity index (χ3n) is 18.2. The number of unbranched alkanes of at least 4 members (excludes halogenated alkanes) is 42. The summed E-state index contributed by atoms with van der Waals surface area (Å²) in [5.41, 5.74) is 0. The van der Waals surface area contributed by atoms with Gasteiger partial charge in [0.15, 0.2) is 12.2 Å². The van der Waals surface area contributed by atoms with E-state index in [2.05, 4.69) is 48.5 Å². The van der Waals surface area contributed by atoms with Crippen LogP contribution in [0.5, 0.6) is 0 Å². The molecule has 3 unspecified atom stereocenters. The lowest BCUT2D eigenvalue weighted by atomic mass is 9.99. The molecule has 0 spiro atoms. The topological polar surface area (TPSA) is 237 Å². The van der Waals surface area contributed by atoms with E-state index in [1.54, 1.807) is 0 Å². The monoisotopic (exact) mass is 1410 g/mol. The lowest BCUT2D eigenvalue weighted by Crippen LogP contribution is -2.30. The molecule has 0 aliphatic heterocycles. The Morgan fingerprint density at radius 3 is 0.792 bits per heavy atom. The highest BCUT2D eigenvalue weighted by Gasteiger charge is 2.30. The SMILES string of the molecule is CCCCCCCCCC(=O)OC[C@H](COP(=O)(O)OC[C@H](O)COP(=O)(O)OC[C@@H](COC(=O)CCCCCCCCCCCCCC(C)C)OC(=O)CCCCCCCCCCCCCCCCCCCCC(C)C)OC(=O)CCCCCCCCCCCCC(C)CC. The molecule has 0 saturated carbocycles. The van der Waals surface area contributed by atoms with Crippen molar-refractivity contribution in [3.63, 3.8) is 0 Å². The summed E-state index contributed by atoms with van der Waals surface area (Å²) in [4.78, 5) is 72.7. The Morgan fingerprint density at radius 2 is 0.531 bits per heavy atom. The van der Waals surface area contributed by atoms with Gasteiger partial charge < -0.3 is 33.8 Å². The zero-order valence-electron chi connectivity index (χ0n) is 62.8. The van der Waals surface area contributed by atoms with Crippen LogP contribution in [0.25, 0.3) is 0 Å². The number of aliphatic hydroxyl groups excluding tert-OH is 1. The lowest BCUT2D eigenvalue weighted by molar-refractivity contribution is -0.161. The van der Waals surface area contributed by atoms with E-state index in [1.807, 2.05) is 0 Å². The van der Waals surface area contributed by atoms with E-state index >= 15 is 0 Å². The molecular formula is C77H150O17P2. The van der Waals surface area contributed by atoms with Gasteiger partial charge in [0.2, 0.25) is 0 Å². The molecule has 0 rings (SSSR count). The van der Waals surface area contributed by atoms with Gasteiger partial charge in [0.1, 0.15) is 19.3 Å². The first kappa shape index (κ1) is 94.1. The lowest BCUT2D eigenvalue weighted by Gasteiger charge is -2.21. The fourth-order valence-corrected chi connectivity index (χ4v) is 13.3. The van der Waals surface area contributed by atoms with Gasteiger partial charge in [-0.05, 0) is 43.4 Å². The Balaban J connectivity index is 5.17. The van der Waals surface area contributed by atoms with Crippen LogP contribution in [0.15, 0.2) is 0 Å². The highest BCUT2D eigenvalue weighted by molar-refractivity contribution is 7.47. The Bertz CT molecular complexity index is 1870. The van der Waals surface area contributed by atoms with Gasteiger partial charge in [0.05, 0.1) is 26.4 Å². The van der Waals surface area contributed by atoms with Gasteiger partial charge in [-0.1, -0.05) is 344 Å². The molecule has 0 aromatic carbocycles. The highest BCUT2D eigenvalue weighted by atomic mass is 31.2. The third-order valence-corrected chi connectivity index (χ3v) is 20.1. The van der Waals surface area contributed by atoms with Crippen LogP contribution < -0.4 is 0 Å². The normalized spacial score (nSPS) is 14.3. The third kappa shape index (κ3) is 69.2. The van der Waals surface area contributed by atoms with Crippen LogP contribution in [-0.4, -0.2) is 96.7 Å². The molecule has 19 heteroatoms. The summed E-state index contributed by atoms with van der Waals surface area (Å²) in [5.74, 6) is 0.273. The van der Waals surface area contributed by atoms with Gasteiger partial charge in [-0.2, -0.15) is 0 Å². The Kier molecular flexibility index (Phi) is 66.2. The van der Waals surface area contributed by atoms with Crippen molar-refractivity contribution in [1.29, 1.82) is 0 Å². The molecule has 0 radical (unpaired) electrons. The zero-order valence-corrected chi connectivity index (χ0v) is 64.6. The van der Waals surface area contributed by atoms with Crippen LogP contribution in [0.1, 0.15) is 395 Å². The number of carbonyl (C=O) groups excluding carboxylic acids is 4. The van der Waals surface area contributed by atoms with Crippen LogP contribution in [0.2, 0.25) is 0 Å². The molecule has 0 aromatic heterocycles. The first-order chi connectivity index (χ1) is 46.3. The molecule has 17 nitrogen and oxygen atoms in total. The summed E-state index contributed by atoms with van der Waals surface area (Å²) in [5, 5.41) is 10.6. The Labute approximate surface area is 588 Å². The van der Waals surface area contributed by atoms with Gasteiger partial charge in [-0.3, -0.25) is 37.3 Å². The zero-order chi connectivity index (χ0) is 70.9. The number of hydrogen-bond donors (Lipinski definition) is 3. The number of phosphoric ester groups is 2. The molecular weight excluding hydrogens is 1260 g/mol. The minimum Gasteiger partial charge on any atom is -0.462 e. The van der Waals surface area contributed by atoms with Crippen LogP contribution in [0.4, 0.5) is 0 Å². The quantitative estimate of drug-likeness (QED) is 0.0222. The van der Waals surface area contributed by atoms with Gasteiger partial charge in [-0.15, -0.1) is 0 Å². The van der Waals surface area contributed by atoms with Crippen LogP contribution in [0, 0.1) is 17.8 Å². The summed E-state index contributed by atoms with van der Waals surface area (Å²) < 4.78 is 68.4. The maximum absolute atomic E-state index is 13.1. The predicted molar refractivity (Wildman–Crippen MR) is 391 cm³/mol. The molecule has 0 amide bonds. The maximum Gasteiger partial charge on any atom is 0.472 e. The van der Waals surface area contributed by atoms with Crippen molar-refractivity contribution in [2.24, 2.45) is 17.8 Å². The first-order valence-corrected chi connectivity index (χ1v) is 42.9. The smallest absolute Gasteiger partial charge is 0.462 e. The molecule has 0 aromatic rings. The molecule has 570 valence electrons. The molecule has 0 fully saturated rings. The number of carbonyl (C=O) groups is 4. The molecule has 0 saturated heterocycles. The molecule has 96 heavy (non-hydrogen) atoms. The van der Waals surface area contributed by atoms with Crippen molar-refractivity contribution in [2.75, 3.05) is 39.6 Å². The van der Waals surface area contributed by atoms with Gasteiger partial charge >= 0.3 is 39.5 Å². The minimum absolute atomic E-state index is 0.106.